The second kappa shape index (κ2) is 5.36. The van der Waals surface area contributed by atoms with Gasteiger partial charge in [-0.2, -0.15) is 5.10 Å². The molecule has 1 atom stereocenters. The molecule has 2 rings (SSSR count). The Labute approximate surface area is 88.3 Å². The standard InChI is InChI=1S/C9H16N4S/c1-2-8(6-10-4-1)3-5-14-9-11-7-12-13-9/h7-8,10H,1-6H2,(H,11,12,13). The summed E-state index contributed by atoms with van der Waals surface area (Å²) in [5, 5.41) is 11.1. The van der Waals surface area contributed by atoms with E-state index in [0.717, 1.165) is 16.8 Å². The Kier molecular flexibility index (Phi) is 3.82. The smallest absolute Gasteiger partial charge is 0.183 e. The molecule has 14 heavy (non-hydrogen) atoms. The first-order valence-corrected chi connectivity index (χ1v) is 6.12. The fourth-order valence-corrected chi connectivity index (χ4v) is 2.64. The maximum absolute atomic E-state index is 4.08. The third-order valence-corrected chi connectivity index (χ3v) is 3.47. The molecule has 1 saturated heterocycles. The molecule has 2 N–H and O–H groups in total. The van der Waals surface area contributed by atoms with Gasteiger partial charge in [0.1, 0.15) is 6.33 Å². The number of piperidine rings is 1. The first-order chi connectivity index (χ1) is 6.95. The Balaban J connectivity index is 1.62. The van der Waals surface area contributed by atoms with Crippen molar-refractivity contribution in [2.45, 2.75) is 24.4 Å². The molecule has 1 fully saturated rings. The van der Waals surface area contributed by atoms with Crippen LogP contribution in [0.1, 0.15) is 19.3 Å². The van der Waals surface area contributed by atoms with Crippen LogP contribution < -0.4 is 5.32 Å². The lowest BCUT2D eigenvalue weighted by Gasteiger charge is -2.22. The molecule has 0 bridgehead atoms. The summed E-state index contributed by atoms with van der Waals surface area (Å²) in [5.74, 6) is 2.00. The van der Waals surface area contributed by atoms with Gasteiger partial charge >= 0.3 is 0 Å². The van der Waals surface area contributed by atoms with Crippen LogP contribution in [0.15, 0.2) is 11.5 Å². The Morgan fingerprint density at radius 1 is 1.57 bits per heavy atom. The van der Waals surface area contributed by atoms with E-state index in [1.807, 2.05) is 0 Å². The number of rotatable bonds is 4. The summed E-state index contributed by atoms with van der Waals surface area (Å²) in [6, 6.07) is 0. The van der Waals surface area contributed by atoms with Crippen LogP contribution in [0.3, 0.4) is 0 Å². The van der Waals surface area contributed by atoms with Crippen LogP contribution in [0, 0.1) is 5.92 Å². The van der Waals surface area contributed by atoms with Gasteiger partial charge in [0.15, 0.2) is 5.16 Å². The fraction of sp³-hybridized carbons (Fsp3) is 0.778. The number of aromatic amines is 1. The lowest BCUT2D eigenvalue weighted by atomic mass is 9.97. The molecule has 0 aliphatic carbocycles. The van der Waals surface area contributed by atoms with E-state index in [1.165, 1.54) is 32.4 Å². The third-order valence-electron chi connectivity index (χ3n) is 2.56. The number of thioether (sulfide) groups is 1. The first kappa shape index (κ1) is 9.98. The van der Waals surface area contributed by atoms with E-state index in [2.05, 4.69) is 20.5 Å². The van der Waals surface area contributed by atoms with Gasteiger partial charge in [0.05, 0.1) is 0 Å². The quantitative estimate of drug-likeness (QED) is 0.738. The highest BCUT2D eigenvalue weighted by Crippen LogP contribution is 2.19. The van der Waals surface area contributed by atoms with Gasteiger partial charge in [-0.25, -0.2) is 4.98 Å². The summed E-state index contributed by atoms with van der Waals surface area (Å²) < 4.78 is 0. The van der Waals surface area contributed by atoms with Crippen molar-refractivity contribution in [1.29, 1.82) is 0 Å². The molecule has 0 aromatic carbocycles. The summed E-state index contributed by atoms with van der Waals surface area (Å²) in [6.45, 7) is 2.39. The van der Waals surface area contributed by atoms with E-state index in [-0.39, 0.29) is 0 Å². The number of hydrogen-bond acceptors (Lipinski definition) is 4. The predicted molar refractivity (Wildman–Crippen MR) is 57.3 cm³/mol. The summed E-state index contributed by atoms with van der Waals surface area (Å²) in [7, 11) is 0. The third kappa shape index (κ3) is 2.99. The molecule has 1 aromatic heterocycles. The minimum Gasteiger partial charge on any atom is -0.316 e. The van der Waals surface area contributed by atoms with Crippen molar-refractivity contribution in [3.05, 3.63) is 6.33 Å². The largest absolute Gasteiger partial charge is 0.316 e. The van der Waals surface area contributed by atoms with Crippen LogP contribution in [0.2, 0.25) is 0 Å². The normalized spacial score (nSPS) is 22.4. The van der Waals surface area contributed by atoms with E-state index in [9.17, 15) is 0 Å². The van der Waals surface area contributed by atoms with Crippen molar-refractivity contribution in [3.63, 3.8) is 0 Å². The molecule has 0 saturated carbocycles. The number of hydrogen-bond donors (Lipinski definition) is 2. The Hall–Kier alpha value is -0.550. The Morgan fingerprint density at radius 3 is 3.29 bits per heavy atom. The van der Waals surface area contributed by atoms with Crippen LogP contribution in [0.5, 0.6) is 0 Å². The van der Waals surface area contributed by atoms with Gasteiger partial charge in [-0.1, -0.05) is 11.8 Å². The maximum atomic E-state index is 4.08. The first-order valence-electron chi connectivity index (χ1n) is 5.14. The number of H-pyrrole nitrogens is 1. The molecule has 4 nitrogen and oxygen atoms in total. The second-order valence-corrected chi connectivity index (χ2v) is 4.72. The minimum absolute atomic E-state index is 0.860. The average Bonchev–Trinajstić information content (AvgIpc) is 2.72. The molecule has 0 amide bonds. The molecule has 5 heteroatoms. The van der Waals surface area contributed by atoms with Crippen LogP contribution >= 0.6 is 11.8 Å². The highest BCUT2D eigenvalue weighted by molar-refractivity contribution is 7.99. The topological polar surface area (TPSA) is 53.6 Å². The molecule has 1 aliphatic rings. The van der Waals surface area contributed by atoms with E-state index < -0.39 is 0 Å². The monoisotopic (exact) mass is 212 g/mol. The molecule has 0 spiro atoms. The molecule has 1 unspecified atom stereocenters. The molecule has 2 heterocycles. The van der Waals surface area contributed by atoms with Crippen LogP contribution in [0.4, 0.5) is 0 Å². The van der Waals surface area contributed by atoms with Crippen molar-refractivity contribution < 1.29 is 0 Å². The lowest BCUT2D eigenvalue weighted by Crippen LogP contribution is -2.29. The summed E-state index contributed by atoms with van der Waals surface area (Å²) in [6.07, 6.45) is 5.55. The van der Waals surface area contributed by atoms with Crippen molar-refractivity contribution in [2.75, 3.05) is 18.8 Å². The zero-order valence-electron chi connectivity index (χ0n) is 8.20. The minimum atomic E-state index is 0.860. The van der Waals surface area contributed by atoms with Crippen molar-refractivity contribution in [3.8, 4) is 0 Å². The van der Waals surface area contributed by atoms with Gasteiger partial charge in [0, 0.05) is 5.75 Å². The maximum Gasteiger partial charge on any atom is 0.183 e. The second-order valence-electron chi connectivity index (χ2n) is 3.64. The highest BCUT2D eigenvalue weighted by atomic mass is 32.2. The SMILES string of the molecule is c1n[nH]c(SCCC2CCCNC2)n1. The zero-order valence-corrected chi connectivity index (χ0v) is 9.02. The fourth-order valence-electron chi connectivity index (χ4n) is 1.76. The Bertz CT molecular complexity index is 243. The van der Waals surface area contributed by atoms with Crippen molar-refractivity contribution in [1.82, 2.24) is 20.5 Å². The van der Waals surface area contributed by atoms with E-state index in [0.29, 0.717) is 0 Å². The number of aromatic nitrogens is 3. The molecular weight excluding hydrogens is 196 g/mol. The number of nitrogens with one attached hydrogen (secondary N) is 2. The summed E-state index contributed by atoms with van der Waals surface area (Å²) in [4.78, 5) is 4.08. The highest BCUT2D eigenvalue weighted by Gasteiger charge is 2.12. The van der Waals surface area contributed by atoms with E-state index in [1.54, 1.807) is 18.1 Å². The zero-order chi connectivity index (χ0) is 9.64. The molecule has 1 aromatic rings. The van der Waals surface area contributed by atoms with Gasteiger partial charge < -0.3 is 5.32 Å². The average molecular weight is 212 g/mol. The number of nitrogens with zero attached hydrogens (tertiary/aromatic N) is 2. The van der Waals surface area contributed by atoms with Gasteiger partial charge in [-0.3, -0.25) is 5.10 Å². The van der Waals surface area contributed by atoms with Crippen molar-refractivity contribution >= 4 is 11.8 Å². The lowest BCUT2D eigenvalue weighted by molar-refractivity contribution is 0.371. The molecule has 1 aliphatic heterocycles. The molecule has 0 radical (unpaired) electrons. The molecule has 78 valence electrons. The van der Waals surface area contributed by atoms with Crippen LogP contribution in [0.25, 0.3) is 0 Å². The van der Waals surface area contributed by atoms with Gasteiger partial charge in [-0.15, -0.1) is 0 Å². The summed E-state index contributed by atoms with van der Waals surface area (Å²) in [5.41, 5.74) is 0. The van der Waals surface area contributed by atoms with E-state index in [4.69, 9.17) is 0 Å². The van der Waals surface area contributed by atoms with Crippen molar-refractivity contribution in [2.24, 2.45) is 5.92 Å². The van der Waals surface area contributed by atoms with Gasteiger partial charge in [0.2, 0.25) is 0 Å². The van der Waals surface area contributed by atoms with Crippen LogP contribution in [-0.2, 0) is 0 Å². The van der Waals surface area contributed by atoms with Crippen LogP contribution in [-0.4, -0.2) is 34.0 Å². The van der Waals surface area contributed by atoms with Gasteiger partial charge in [-0.05, 0) is 38.3 Å². The Morgan fingerprint density at radius 2 is 2.57 bits per heavy atom. The molecular formula is C9H16N4S. The summed E-state index contributed by atoms with van der Waals surface area (Å²) >= 11 is 1.76. The predicted octanol–water partition coefficient (Wildman–Crippen LogP) is 1.29. The van der Waals surface area contributed by atoms with E-state index >= 15 is 0 Å². The van der Waals surface area contributed by atoms with Gasteiger partial charge in [0.25, 0.3) is 0 Å².